The molecule has 0 N–H and O–H groups in total. The van der Waals surface area contributed by atoms with Crippen molar-refractivity contribution >= 4 is 11.8 Å². The van der Waals surface area contributed by atoms with E-state index in [0.29, 0.717) is 19.1 Å². The third kappa shape index (κ3) is 4.26. The molecule has 0 atom stereocenters. The van der Waals surface area contributed by atoms with Crippen molar-refractivity contribution in [3.8, 4) is 17.3 Å². The summed E-state index contributed by atoms with van der Waals surface area (Å²) in [6, 6.07) is 0. The van der Waals surface area contributed by atoms with Gasteiger partial charge >= 0.3 is 0 Å². The van der Waals surface area contributed by atoms with Gasteiger partial charge in [-0.05, 0) is 27.7 Å². The van der Waals surface area contributed by atoms with Gasteiger partial charge in [-0.15, -0.1) is 15.3 Å². The highest BCUT2D eigenvalue weighted by molar-refractivity contribution is 7.99. The molecule has 0 bridgehead atoms. The number of rotatable bonds is 10. The lowest BCUT2D eigenvalue weighted by molar-refractivity contribution is 0.164. The fourth-order valence-corrected chi connectivity index (χ4v) is 3.03. The Bertz CT molecular complexity index is 611. The smallest absolute Gasteiger partial charge is 0.243 e. The van der Waals surface area contributed by atoms with E-state index in [4.69, 9.17) is 9.47 Å². The predicted octanol–water partition coefficient (Wildman–Crippen LogP) is 2.71. The van der Waals surface area contributed by atoms with Crippen LogP contribution in [-0.2, 0) is 17.8 Å². The lowest BCUT2D eigenvalue weighted by Crippen LogP contribution is -2.03. The van der Waals surface area contributed by atoms with E-state index >= 15 is 0 Å². The Hall–Kier alpha value is -1.54. The zero-order chi connectivity index (χ0) is 16.7. The molecule has 0 saturated heterocycles. The van der Waals surface area contributed by atoms with Gasteiger partial charge in [0, 0.05) is 31.6 Å². The van der Waals surface area contributed by atoms with Gasteiger partial charge in [-0.2, -0.15) is 0 Å². The molecule has 0 aliphatic rings. The second kappa shape index (κ2) is 8.93. The van der Waals surface area contributed by atoms with E-state index in [9.17, 15) is 0 Å². The van der Waals surface area contributed by atoms with Gasteiger partial charge in [0.2, 0.25) is 5.88 Å². The summed E-state index contributed by atoms with van der Waals surface area (Å²) >= 11 is 1.66. The Balaban J connectivity index is 2.25. The maximum absolute atomic E-state index is 5.66. The van der Waals surface area contributed by atoms with Crippen LogP contribution in [0.5, 0.6) is 5.88 Å². The summed E-state index contributed by atoms with van der Waals surface area (Å²) in [6.45, 7) is 11.7. The Morgan fingerprint density at radius 3 is 2.57 bits per heavy atom. The molecule has 0 amide bonds. The van der Waals surface area contributed by atoms with Gasteiger partial charge in [-0.3, -0.25) is 4.68 Å². The second-order valence-corrected chi connectivity index (χ2v) is 5.79. The summed E-state index contributed by atoms with van der Waals surface area (Å²) in [5.41, 5.74) is 0.889. The van der Waals surface area contributed by atoms with Gasteiger partial charge in [0.25, 0.3) is 0 Å². The Kier molecular flexibility index (Phi) is 6.91. The maximum Gasteiger partial charge on any atom is 0.243 e. The van der Waals surface area contributed by atoms with Crippen LogP contribution in [0, 0.1) is 0 Å². The van der Waals surface area contributed by atoms with E-state index in [1.54, 1.807) is 11.8 Å². The minimum Gasteiger partial charge on any atom is -0.476 e. The monoisotopic (exact) mass is 339 g/mol. The van der Waals surface area contributed by atoms with E-state index in [0.717, 1.165) is 42.0 Å². The van der Waals surface area contributed by atoms with Crippen LogP contribution >= 0.6 is 11.8 Å². The average molecular weight is 339 g/mol. The highest BCUT2D eigenvalue weighted by atomic mass is 32.2. The SMILES string of the molecule is CCOCCSc1nnc(-c2cn(CC)nc2OCC)n1CC. The van der Waals surface area contributed by atoms with Gasteiger partial charge in [-0.1, -0.05) is 11.8 Å². The molecule has 0 unspecified atom stereocenters. The molecular formula is C15H25N5O2S. The number of thioether (sulfide) groups is 1. The molecular weight excluding hydrogens is 314 g/mol. The Morgan fingerprint density at radius 2 is 1.91 bits per heavy atom. The number of aromatic nitrogens is 5. The summed E-state index contributed by atoms with van der Waals surface area (Å²) in [4.78, 5) is 0. The van der Waals surface area contributed by atoms with Crippen molar-refractivity contribution in [3.63, 3.8) is 0 Å². The molecule has 2 aromatic heterocycles. The van der Waals surface area contributed by atoms with Crippen LogP contribution in [0.3, 0.4) is 0 Å². The van der Waals surface area contributed by atoms with Crippen molar-refractivity contribution in [1.29, 1.82) is 0 Å². The quantitative estimate of drug-likeness (QED) is 0.490. The zero-order valence-corrected chi connectivity index (χ0v) is 15.1. The molecule has 0 saturated carbocycles. The van der Waals surface area contributed by atoms with Crippen molar-refractivity contribution < 1.29 is 9.47 Å². The molecule has 0 aliphatic heterocycles. The minimum absolute atomic E-state index is 0.573. The first-order valence-corrected chi connectivity index (χ1v) is 9.07. The van der Waals surface area contributed by atoms with Gasteiger partial charge in [0.15, 0.2) is 11.0 Å². The standard InChI is InChI=1S/C15H25N5O2S/c1-5-19-11-12(14(18-19)22-8-4)13-16-17-15(20(13)6-2)23-10-9-21-7-3/h11H,5-10H2,1-4H3. The molecule has 23 heavy (non-hydrogen) atoms. The molecule has 2 heterocycles. The summed E-state index contributed by atoms with van der Waals surface area (Å²) in [7, 11) is 0. The number of aryl methyl sites for hydroxylation is 1. The zero-order valence-electron chi connectivity index (χ0n) is 14.3. The van der Waals surface area contributed by atoms with Crippen LogP contribution in [0.15, 0.2) is 11.4 Å². The van der Waals surface area contributed by atoms with Crippen molar-refractivity contribution in [2.75, 3.05) is 25.6 Å². The normalized spacial score (nSPS) is 11.1. The summed E-state index contributed by atoms with van der Waals surface area (Å²) in [5.74, 6) is 2.27. The van der Waals surface area contributed by atoms with Gasteiger partial charge < -0.3 is 14.0 Å². The molecule has 0 aromatic carbocycles. The first-order chi connectivity index (χ1) is 11.2. The number of hydrogen-bond donors (Lipinski definition) is 0. The fourth-order valence-electron chi connectivity index (χ4n) is 2.18. The van der Waals surface area contributed by atoms with Crippen LogP contribution in [0.2, 0.25) is 0 Å². The van der Waals surface area contributed by atoms with Crippen LogP contribution in [-0.4, -0.2) is 50.1 Å². The largest absolute Gasteiger partial charge is 0.476 e. The van der Waals surface area contributed by atoms with E-state index in [-0.39, 0.29) is 0 Å². The molecule has 0 aliphatic carbocycles. The first-order valence-electron chi connectivity index (χ1n) is 8.09. The third-order valence-corrected chi connectivity index (χ3v) is 4.20. The Labute approximate surface area is 141 Å². The first kappa shape index (κ1) is 17.8. The van der Waals surface area contributed by atoms with E-state index in [1.165, 1.54) is 0 Å². The van der Waals surface area contributed by atoms with Gasteiger partial charge in [0.05, 0.1) is 13.2 Å². The van der Waals surface area contributed by atoms with E-state index in [2.05, 4.69) is 26.8 Å². The van der Waals surface area contributed by atoms with Crippen LogP contribution in [0.4, 0.5) is 0 Å². The van der Waals surface area contributed by atoms with Crippen molar-refractivity contribution in [2.45, 2.75) is 45.9 Å². The van der Waals surface area contributed by atoms with Crippen LogP contribution in [0.25, 0.3) is 11.4 Å². The number of nitrogens with zero attached hydrogens (tertiary/aromatic N) is 5. The predicted molar refractivity (Wildman–Crippen MR) is 91.0 cm³/mol. The lowest BCUT2D eigenvalue weighted by atomic mass is 10.3. The molecule has 8 heteroatoms. The van der Waals surface area contributed by atoms with E-state index < -0.39 is 0 Å². The number of hydrogen-bond acceptors (Lipinski definition) is 6. The molecule has 2 aromatic rings. The van der Waals surface area contributed by atoms with Crippen molar-refractivity contribution in [3.05, 3.63) is 6.20 Å². The maximum atomic E-state index is 5.66. The van der Waals surface area contributed by atoms with Crippen molar-refractivity contribution in [2.24, 2.45) is 0 Å². The molecule has 128 valence electrons. The topological polar surface area (TPSA) is 67.0 Å². The second-order valence-electron chi connectivity index (χ2n) is 4.73. The molecule has 0 spiro atoms. The van der Waals surface area contributed by atoms with Gasteiger partial charge in [-0.25, -0.2) is 0 Å². The molecule has 7 nitrogen and oxygen atoms in total. The Morgan fingerprint density at radius 1 is 1.09 bits per heavy atom. The fraction of sp³-hybridized carbons (Fsp3) is 0.667. The van der Waals surface area contributed by atoms with Crippen molar-refractivity contribution in [1.82, 2.24) is 24.5 Å². The summed E-state index contributed by atoms with van der Waals surface area (Å²) in [5, 5.41) is 14.0. The molecule has 2 rings (SSSR count). The number of ether oxygens (including phenoxy) is 2. The summed E-state index contributed by atoms with van der Waals surface area (Å²) in [6.07, 6.45) is 1.97. The highest BCUT2D eigenvalue weighted by Gasteiger charge is 2.20. The minimum atomic E-state index is 0.573. The lowest BCUT2D eigenvalue weighted by Gasteiger charge is -2.07. The van der Waals surface area contributed by atoms with E-state index in [1.807, 2.05) is 31.6 Å². The average Bonchev–Trinajstić information content (AvgIpc) is 3.15. The van der Waals surface area contributed by atoms with Crippen LogP contribution in [0.1, 0.15) is 27.7 Å². The van der Waals surface area contributed by atoms with Gasteiger partial charge in [0.1, 0.15) is 5.56 Å². The van der Waals surface area contributed by atoms with Crippen LogP contribution < -0.4 is 4.74 Å². The highest BCUT2D eigenvalue weighted by Crippen LogP contribution is 2.30. The third-order valence-electron chi connectivity index (χ3n) is 3.27. The molecule has 0 fully saturated rings. The molecule has 0 radical (unpaired) electrons. The summed E-state index contributed by atoms with van der Waals surface area (Å²) < 4.78 is 15.0.